The second-order valence-electron chi connectivity index (χ2n) is 5.53. The summed E-state index contributed by atoms with van der Waals surface area (Å²) in [5.74, 6) is 0.393. The molecule has 1 amide bonds. The first-order valence-electron chi connectivity index (χ1n) is 7.76. The highest BCUT2D eigenvalue weighted by Crippen LogP contribution is 2.29. The number of anilines is 1. The van der Waals surface area contributed by atoms with Crippen LogP contribution in [0.2, 0.25) is 10.0 Å². The lowest BCUT2D eigenvalue weighted by atomic mass is 10.2. The number of hydrogen-bond acceptors (Lipinski definition) is 3. The van der Waals surface area contributed by atoms with E-state index in [0.29, 0.717) is 45.3 Å². The van der Waals surface area contributed by atoms with Gasteiger partial charge in [0.15, 0.2) is 0 Å². The number of rotatable bonds is 5. The molecule has 1 heterocycles. The molecule has 3 aromatic rings. The van der Waals surface area contributed by atoms with E-state index in [-0.39, 0.29) is 17.9 Å². The summed E-state index contributed by atoms with van der Waals surface area (Å²) < 4.78 is 0. The van der Waals surface area contributed by atoms with Gasteiger partial charge in [-0.15, -0.1) is 0 Å². The van der Waals surface area contributed by atoms with E-state index in [1.54, 1.807) is 36.4 Å². The Labute approximate surface area is 154 Å². The van der Waals surface area contributed by atoms with Gasteiger partial charge >= 0.3 is 0 Å². The number of fused-ring (bicyclic) bond motifs is 1. The highest BCUT2D eigenvalue weighted by molar-refractivity contribution is 6.43. The number of para-hydroxylation sites is 1. The fourth-order valence-corrected chi connectivity index (χ4v) is 2.83. The van der Waals surface area contributed by atoms with Crippen molar-refractivity contribution in [3.05, 3.63) is 68.7 Å². The molecule has 0 aliphatic heterocycles. The predicted molar refractivity (Wildman–Crippen MR) is 100 cm³/mol. The molecule has 3 rings (SSSR count). The van der Waals surface area contributed by atoms with Gasteiger partial charge in [-0.25, -0.2) is 4.98 Å². The standard InChI is InChI=1S/C18H15Cl2N3O2/c19-12-6-3-8-14(17(12)20)22-16(24)10-4-9-15-21-13-7-2-1-5-11(13)18(25)23-15/h1-3,5-8H,4,9-10H2,(H,22,24)(H,21,23,25). The molecule has 0 radical (unpaired) electrons. The number of aromatic amines is 1. The van der Waals surface area contributed by atoms with Crippen molar-refractivity contribution < 1.29 is 4.79 Å². The summed E-state index contributed by atoms with van der Waals surface area (Å²) in [5, 5.41) is 3.99. The summed E-state index contributed by atoms with van der Waals surface area (Å²) in [4.78, 5) is 31.2. The van der Waals surface area contributed by atoms with E-state index in [1.165, 1.54) is 0 Å². The van der Waals surface area contributed by atoms with Crippen molar-refractivity contribution in [3.63, 3.8) is 0 Å². The molecule has 2 aromatic carbocycles. The Bertz CT molecular complexity index is 985. The van der Waals surface area contributed by atoms with Crippen molar-refractivity contribution in [1.29, 1.82) is 0 Å². The lowest BCUT2D eigenvalue weighted by Gasteiger charge is -2.08. The Morgan fingerprint density at radius 1 is 1.12 bits per heavy atom. The van der Waals surface area contributed by atoms with Crippen LogP contribution in [0.1, 0.15) is 18.7 Å². The zero-order valence-corrected chi connectivity index (χ0v) is 14.7. The molecule has 0 saturated heterocycles. The molecule has 0 saturated carbocycles. The van der Waals surface area contributed by atoms with Gasteiger partial charge in [-0.3, -0.25) is 9.59 Å². The van der Waals surface area contributed by atoms with Crippen LogP contribution in [0, 0.1) is 0 Å². The number of carbonyl (C=O) groups excluding carboxylic acids is 1. The molecule has 128 valence electrons. The summed E-state index contributed by atoms with van der Waals surface area (Å²) in [5.41, 5.74) is 0.962. The van der Waals surface area contributed by atoms with E-state index in [0.717, 1.165) is 0 Å². The molecule has 7 heteroatoms. The minimum Gasteiger partial charge on any atom is -0.325 e. The second kappa shape index (κ2) is 7.68. The van der Waals surface area contributed by atoms with Crippen LogP contribution >= 0.6 is 23.2 Å². The number of aryl methyl sites for hydroxylation is 1. The van der Waals surface area contributed by atoms with Gasteiger partial charge in [0.05, 0.1) is 26.6 Å². The molecule has 0 bridgehead atoms. The molecule has 0 unspecified atom stereocenters. The van der Waals surface area contributed by atoms with Crippen LogP contribution in [-0.4, -0.2) is 15.9 Å². The Morgan fingerprint density at radius 3 is 2.76 bits per heavy atom. The van der Waals surface area contributed by atoms with E-state index in [2.05, 4.69) is 15.3 Å². The third kappa shape index (κ3) is 4.18. The van der Waals surface area contributed by atoms with Crippen molar-refractivity contribution in [2.24, 2.45) is 0 Å². The zero-order chi connectivity index (χ0) is 17.8. The summed E-state index contributed by atoms with van der Waals surface area (Å²) >= 11 is 12.0. The van der Waals surface area contributed by atoms with Crippen LogP contribution in [-0.2, 0) is 11.2 Å². The number of aromatic nitrogens is 2. The molecule has 0 aliphatic rings. The predicted octanol–water partition coefficient (Wildman–Crippen LogP) is 4.19. The van der Waals surface area contributed by atoms with Crippen molar-refractivity contribution in [2.45, 2.75) is 19.3 Å². The number of halogens is 2. The van der Waals surface area contributed by atoms with E-state index in [1.807, 2.05) is 6.07 Å². The third-order valence-corrected chi connectivity index (χ3v) is 4.52. The highest BCUT2D eigenvalue weighted by atomic mass is 35.5. The van der Waals surface area contributed by atoms with Gasteiger partial charge in [0, 0.05) is 12.8 Å². The lowest BCUT2D eigenvalue weighted by Crippen LogP contribution is -2.14. The number of nitrogens with one attached hydrogen (secondary N) is 2. The number of nitrogens with zero attached hydrogens (tertiary/aromatic N) is 1. The van der Waals surface area contributed by atoms with E-state index in [9.17, 15) is 9.59 Å². The maximum Gasteiger partial charge on any atom is 0.258 e. The second-order valence-corrected chi connectivity index (χ2v) is 6.32. The van der Waals surface area contributed by atoms with Crippen molar-refractivity contribution in [3.8, 4) is 0 Å². The number of carbonyl (C=O) groups is 1. The number of hydrogen-bond donors (Lipinski definition) is 2. The third-order valence-electron chi connectivity index (χ3n) is 3.71. The molecule has 5 nitrogen and oxygen atoms in total. The molecule has 2 N–H and O–H groups in total. The van der Waals surface area contributed by atoms with Crippen molar-refractivity contribution in [2.75, 3.05) is 5.32 Å². The van der Waals surface area contributed by atoms with Crippen LogP contribution in [0.25, 0.3) is 10.9 Å². The van der Waals surface area contributed by atoms with Gasteiger partial charge in [0.25, 0.3) is 5.56 Å². The Kier molecular flexibility index (Phi) is 5.36. The summed E-state index contributed by atoms with van der Waals surface area (Å²) in [6.07, 6.45) is 1.32. The summed E-state index contributed by atoms with van der Waals surface area (Å²) in [7, 11) is 0. The largest absolute Gasteiger partial charge is 0.325 e. The quantitative estimate of drug-likeness (QED) is 0.701. The fourth-order valence-electron chi connectivity index (χ4n) is 2.48. The normalized spacial score (nSPS) is 10.8. The van der Waals surface area contributed by atoms with Crippen LogP contribution < -0.4 is 10.9 Å². The lowest BCUT2D eigenvalue weighted by molar-refractivity contribution is -0.116. The fraction of sp³-hybridized carbons (Fsp3) is 0.167. The van der Waals surface area contributed by atoms with Gasteiger partial charge < -0.3 is 10.3 Å². The molecule has 0 atom stereocenters. The van der Waals surface area contributed by atoms with E-state index in [4.69, 9.17) is 23.2 Å². The minimum atomic E-state index is -0.174. The van der Waals surface area contributed by atoms with Crippen LogP contribution in [0.3, 0.4) is 0 Å². The first kappa shape index (κ1) is 17.5. The van der Waals surface area contributed by atoms with Crippen LogP contribution in [0.4, 0.5) is 5.69 Å². The summed E-state index contributed by atoms with van der Waals surface area (Å²) in [6.45, 7) is 0. The topological polar surface area (TPSA) is 74.8 Å². The van der Waals surface area contributed by atoms with Gasteiger partial charge in [0.1, 0.15) is 5.82 Å². The van der Waals surface area contributed by atoms with Crippen LogP contribution in [0.15, 0.2) is 47.3 Å². The number of H-pyrrole nitrogens is 1. The minimum absolute atomic E-state index is 0.171. The summed E-state index contributed by atoms with van der Waals surface area (Å²) in [6, 6.07) is 12.2. The van der Waals surface area contributed by atoms with Crippen LogP contribution in [0.5, 0.6) is 0 Å². The molecule has 0 fully saturated rings. The highest BCUT2D eigenvalue weighted by Gasteiger charge is 2.09. The Morgan fingerprint density at radius 2 is 1.92 bits per heavy atom. The molecular formula is C18H15Cl2N3O2. The first-order chi connectivity index (χ1) is 12.0. The molecule has 25 heavy (non-hydrogen) atoms. The molecular weight excluding hydrogens is 361 g/mol. The van der Waals surface area contributed by atoms with Gasteiger partial charge in [-0.1, -0.05) is 41.4 Å². The van der Waals surface area contributed by atoms with E-state index >= 15 is 0 Å². The number of amides is 1. The number of benzene rings is 2. The monoisotopic (exact) mass is 375 g/mol. The smallest absolute Gasteiger partial charge is 0.258 e. The average Bonchev–Trinajstić information content (AvgIpc) is 2.59. The van der Waals surface area contributed by atoms with Gasteiger partial charge in [0.2, 0.25) is 5.91 Å². The Balaban J connectivity index is 1.60. The molecule has 1 aromatic heterocycles. The van der Waals surface area contributed by atoms with E-state index < -0.39 is 0 Å². The SMILES string of the molecule is O=C(CCCc1nc2ccccc2c(=O)[nH]1)Nc1cccc(Cl)c1Cl. The van der Waals surface area contributed by atoms with Crippen molar-refractivity contribution >= 4 is 45.7 Å². The van der Waals surface area contributed by atoms with Gasteiger partial charge in [-0.2, -0.15) is 0 Å². The first-order valence-corrected chi connectivity index (χ1v) is 8.52. The zero-order valence-electron chi connectivity index (χ0n) is 13.2. The molecule has 0 aliphatic carbocycles. The molecule has 0 spiro atoms. The van der Waals surface area contributed by atoms with Gasteiger partial charge in [-0.05, 0) is 30.7 Å². The Hall–Kier alpha value is -2.37. The average molecular weight is 376 g/mol. The maximum atomic E-state index is 12.0. The van der Waals surface area contributed by atoms with Crippen molar-refractivity contribution in [1.82, 2.24) is 9.97 Å². The maximum absolute atomic E-state index is 12.0.